The Morgan fingerprint density at radius 1 is 1.73 bits per heavy atom. The summed E-state index contributed by atoms with van der Waals surface area (Å²) in [4.78, 5) is 0. The van der Waals surface area contributed by atoms with E-state index in [0.717, 1.165) is 13.0 Å². The largest absolute Gasteiger partial charge is 0.0883 e. The molecule has 0 rings (SSSR count). The first-order valence-electron chi connectivity index (χ1n) is 8.46. The highest BCUT2D eigenvalue weighted by molar-refractivity contribution is 9.09. The van der Waals surface area contributed by atoms with Gasteiger partial charge < -0.3 is 0 Å². The van der Waals surface area contributed by atoms with Crippen LogP contribution in [-0.2, 0) is 0 Å². The van der Waals surface area contributed by atoms with Gasteiger partial charge >= 0.3 is 0 Å². The quantitative estimate of drug-likeness (QED) is 0.502. The van der Waals surface area contributed by atoms with Crippen molar-refractivity contribution in [1.29, 1.82) is 0 Å². The van der Waals surface area contributed by atoms with Gasteiger partial charge in [-0.25, -0.2) is 0 Å². The average Bonchev–Trinajstić information content (AvgIpc) is 2.30. The van der Waals surface area contributed by atoms with Gasteiger partial charge in [0.15, 0.2) is 0 Å². The van der Waals surface area contributed by atoms with Crippen LogP contribution in [-0.4, -0.2) is 5.33 Å². The zero-order valence-corrected chi connectivity index (χ0v) is 7.75. The van der Waals surface area contributed by atoms with E-state index in [2.05, 4.69) is 15.9 Å². The Balaban J connectivity index is 6.23. The number of allylic oxidation sites excluding steroid dienone is 4. The lowest BCUT2D eigenvalue weighted by Gasteiger charge is -1.96. The van der Waals surface area contributed by atoms with Crippen molar-refractivity contribution in [3.05, 3.63) is 23.3 Å². The molecule has 0 aromatic carbocycles. The molecule has 0 nitrogen and oxygen atoms in total. The Bertz CT molecular complexity index is 466. The Morgan fingerprint density at radius 3 is 3.09 bits per heavy atom. The molecule has 0 aliphatic rings. The lowest BCUT2D eigenvalue weighted by molar-refractivity contribution is 0.964. The van der Waals surface area contributed by atoms with Crippen LogP contribution in [0.5, 0.6) is 0 Å². The highest BCUT2D eigenvalue weighted by atomic mass is 79.9. The molecular weight excluding hydrogens is 200 g/mol. The van der Waals surface area contributed by atoms with Crippen molar-refractivity contribution in [2.45, 2.75) is 33.4 Å². The average molecular weight is 228 g/mol. The van der Waals surface area contributed by atoms with Crippen LogP contribution in [0, 0.1) is 0 Å². The molecule has 0 N–H and O–H groups in total. The molecule has 0 saturated carbocycles. The third-order valence-electron chi connectivity index (χ3n) is 0.728. The Hall–Kier alpha value is -0.0400. The van der Waals surface area contributed by atoms with Crippen molar-refractivity contribution < 1.29 is 15.1 Å². The van der Waals surface area contributed by atoms with Crippen LogP contribution in [0.1, 0.15) is 48.5 Å². The number of halogens is 1. The first-order chi connectivity index (χ1) is 9.51. The maximum Gasteiger partial charge on any atom is 0.0575 e. The van der Waals surface area contributed by atoms with Crippen LogP contribution in [0.3, 0.4) is 0 Å². The SMILES string of the molecule is [2H]/C(=C(\C)C([2H])([2H])[2H])C([2H])([2H])C([2H])([2H])/C(=C/CBr)C([2H])([2H])[2H]. The standard InChI is InChI=1S/C10H17Br/c1-9(2)5-4-6-10(3)7-8-11/h5,7H,4,6,8H2,1-3H3/b10-7+/i1D3,3D3,4D2,5D,6D2/b9-5+,10-7+. The number of rotatable bonds is 4. The maximum atomic E-state index is 7.88. The van der Waals surface area contributed by atoms with Crippen LogP contribution in [0.4, 0.5) is 0 Å². The predicted molar refractivity (Wildman–Crippen MR) is 56.2 cm³/mol. The summed E-state index contributed by atoms with van der Waals surface area (Å²) in [5.41, 5.74) is -1.44. The van der Waals surface area contributed by atoms with E-state index in [-0.39, 0.29) is 5.33 Å². The molecule has 0 aromatic rings. The molecule has 0 aliphatic heterocycles. The van der Waals surface area contributed by atoms with E-state index < -0.39 is 43.6 Å². The first-order valence-corrected chi connectivity index (χ1v) is 4.09. The minimum Gasteiger partial charge on any atom is -0.0883 e. The summed E-state index contributed by atoms with van der Waals surface area (Å²) in [7, 11) is 0. The molecule has 0 radical (unpaired) electrons. The third-order valence-corrected chi connectivity index (χ3v) is 1.05. The van der Waals surface area contributed by atoms with Gasteiger partial charge in [0.25, 0.3) is 0 Å². The van der Waals surface area contributed by atoms with Crippen LogP contribution < -0.4 is 0 Å². The topological polar surface area (TPSA) is 0 Å². The summed E-state index contributed by atoms with van der Waals surface area (Å²) in [6, 6.07) is -1.08. The zero-order valence-electron chi connectivity index (χ0n) is 17.2. The molecule has 0 heterocycles. The van der Waals surface area contributed by atoms with E-state index in [4.69, 9.17) is 15.1 Å². The molecule has 64 valence electrons. The fourth-order valence-corrected chi connectivity index (χ4v) is 0.644. The van der Waals surface area contributed by atoms with Crippen molar-refractivity contribution >= 4 is 15.9 Å². The zero-order chi connectivity index (χ0) is 18.1. The third kappa shape index (κ3) is 7.86. The van der Waals surface area contributed by atoms with Crippen molar-refractivity contribution in [3.63, 3.8) is 0 Å². The minimum atomic E-state index is -3.12. The molecular formula is C10H17Br. The van der Waals surface area contributed by atoms with Crippen molar-refractivity contribution in [3.8, 4) is 0 Å². The van der Waals surface area contributed by atoms with Crippen LogP contribution >= 0.6 is 15.9 Å². The number of hydrogen-bond acceptors (Lipinski definition) is 0. The summed E-state index contributed by atoms with van der Waals surface area (Å²) < 4.78 is 82.7. The Kier molecular flexibility index (Phi) is 1.50. The van der Waals surface area contributed by atoms with Crippen LogP contribution in [0.15, 0.2) is 23.3 Å². The molecule has 0 atom stereocenters. The van der Waals surface area contributed by atoms with E-state index in [1.807, 2.05) is 0 Å². The summed E-state index contributed by atoms with van der Waals surface area (Å²) in [5, 5.41) is -0.0222. The molecule has 0 spiro atoms. The van der Waals surface area contributed by atoms with Gasteiger partial charge in [-0.1, -0.05) is 39.2 Å². The van der Waals surface area contributed by atoms with Crippen LogP contribution in [0.25, 0.3) is 0 Å². The normalized spacial score (nSPS) is 34.4. The lowest BCUT2D eigenvalue weighted by atomic mass is 10.1. The molecule has 0 aliphatic carbocycles. The first kappa shape index (κ1) is 2.47. The fraction of sp³-hybridized carbons (Fsp3) is 0.600. The van der Waals surface area contributed by atoms with E-state index in [0.29, 0.717) is 0 Å². The van der Waals surface area contributed by atoms with Gasteiger partial charge in [-0.05, 0) is 33.4 Å². The molecule has 0 aromatic heterocycles. The van der Waals surface area contributed by atoms with Crippen LogP contribution in [0.2, 0.25) is 0 Å². The molecule has 0 saturated heterocycles. The molecule has 0 unspecified atom stereocenters. The van der Waals surface area contributed by atoms with E-state index in [9.17, 15) is 0 Å². The van der Waals surface area contributed by atoms with E-state index >= 15 is 0 Å². The summed E-state index contributed by atoms with van der Waals surface area (Å²) in [6.45, 7) is -4.68. The highest BCUT2D eigenvalue weighted by Gasteiger charge is 1.86. The van der Waals surface area contributed by atoms with E-state index in [1.165, 1.54) is 0 Å². The molecule has 1 heteroatoms. The second-order valence-electron chi connectivity index (χ2n) is 1.77. The predicted octanol–water partition coefficient (Wildman–Crippen LogP) is 4.07. The fourth-order valence-electron chi connectivity index (χ4n) is 0.321. The summed E-state index contributed by atoms with van der Waals surface area (Å²) in [6.07, 6.45) is -5.22. The highest BCUT2D eigenvalue weighted by Crippen LogP contribution is 2.06. The minimum absolute atomic E-state index is 0.0222. The van der Waals surface area contributed by atoms with Gasteiger partial charge in [0, 0.05) is 19.0 Å². The van der Waals surface area contributed by atoms with Gasteiger partial charge in [-0.3, -0.25) is 0 Å². The van der Waals surface area contributed by atoms with E-state index in [1.54, 1.807) is 0 Å². The number of alkyl halides is 1. The second-order valence-corrected chi connectivity index (χ2v) is 2.42. The Labute approximate surface area is 94.0 Å². The lowest BCUT2D eigenvalue weighted by Crippen LogP contribution is -1.77. The summed E-state index contributed by atoms with van der Waals surface area (Å²) >= 11 is 2.94. The smallest absolute Gasteiger partial charge is 0.0575 e. The van der Waals surface area contributed by atoms with Gasteiger partial charge in [0.2, 0.25) is 0 Å². The van der Waals surface area contributed by atoms with Crippen molar-refractivity contribution in [2.75, 3.05) is 5.33 Å². The van der Waals surface area contributed by atoms with Gasteiger partial charge in [-0.2, -0.15) is 0 Å². The molecule has 11 heavy (non-hydrogen) atoms. The summed E-state index contributed by atoms with van der Waals surface area (Å²) in [5.74, 6) is 0. The Morgan fingerprint density at radius 2 is 2.55 bits per heavy atom. The van der Waals surface area contributed by atoms with Gasteiger partial charge in [-0.15, -0.1) is 0 Å². The van der Waals surface area contributed by atoms with Gasteiger partial charge in [0.05, 0.1) is 1.37 Å². The molecule has 0 amide bonds. The number of hydrogen-bond donors (Lipinski definition) is 0. The molecule has 0 fully saturated rings. The maximum absolute atomic E-state index is 7.88. The second kappa shape index (κ2) is 6.66. The monoisotopic (exact) mass is 227 g/mol. The molecule has 0 bridgehead atoms. The van der Waals surface area contributed by atoms with Gasteiger partial charge in [0.1, 0.15) is 0 Å². The van der Waals surface area contributed by atoms with Crippen molar-refractivity contribution in [2.24, 2.45) is 0 Å². The van der Waals surface area contributed by atoms with Crippen molar-refractivity contribution in [1.82, 2.24) is 0 Å².